The summed E-state index contributed by atoms with van der Waals surface area (Å²) in [4.78, 5) is 47.9. The van der Waals surface area contributed by atoms with E-state index < -0.39 is 28.1 Å². The number of sulfonamides is 1. The number of hydrogen-bond donors (Lipinski definition) is 1. The minimum Gasteiger partial charge on any atom is -0.497 e. The fourth-order valence-corrected chi connectivity index (χ4v) is 7.65. The Morgan fingerprint density at radius 3 is 2.33 bits per heavy atom. The summed E-state index contributed by atoms with van der Waals surface area (Å²) in [5.41, 5.74) is 4.41. The van der Waals surface area contributed by atoms with Gasteiger partial charge in [-0.2, -0.15) is 4.31 Å². The Hall–Kier alpha value is -6.10. The van der Waals surface area contributed by atoms with Crippen LogP contribution in [0.2, 0.25) is 0 Å². The monoisotopic (exact) mass is 701 g/mol. The Morgan fingerprint density at radius 1 is 0.961 bits per heavy atom. The number of amides is 3. The molecule has 1 atom stereocenters. The zero-order valence-corrected chi connectivity index (χ0v) is 28.2. The first-order chi connectivity index (χ1) is 24.7. The van der Waals surface area contributed by atoms with Crippen molar-refractivity contribution in [3.05, 3.63) is 114 Å². The second-order valence-corrected chi connectivity index (χ2v) is 13.8. The molecule has 0 spiro atoms. The highest BCUT2D eigenvalue weighted by Crippen LogP contribution is 2.32. The van der Waals surface area contributed by atoms with E-state index in [2.05, 4.69) is 22.1 Å². The Morgan fingerprint density at radius 2 is 1.67 bits per heavy atom. The molecule has 2 aliphatic heterocycles. The van der Waals surface area contributed by atoms with Gasteiger partial charge in [0.2, 0.25) is 10.0 Å². The van der Waals surface area contributed by atoms with Gasteiger partial charge in [-0.05, 0) is 79.1 Å². The highest BCUT2D eigenvalue weighted by molar-refractivity contribution is 7.89. The van der Waals surface area contributed by atoms with Gasteiger partial charge in [0.05, 0.1) is 35.4 Å². The molecule has 5 aromatic rings. The van der Waals surface area contributed by atoms with Crippen molar-refractivity contribution < 1.29 is 32.3 Å². The van der Waals surface area contributed by atoms with Gasteiger partial charge in [-0.3, -0.25) is 14.6 Å². The fraction of sp³-hybridized carbons (Fsp3) is 0.184. The Kier molecular flexibility index (Phi) is 9.18. The van der Waals surface area contributed by atoms with E-state index in [4.69, 9.17) is 14.5 Å². The highest BCUT2D eigenvalue weighted by atomic mass is 32.2. The maximum Gasteiger partial charge on any atom is 0.329 e. The number of methoxy groups -OCH3 is 1. The van der Waals surface area contributed by atoms with Gasteiger partial charge in [-0.15, -0.1) is 0 Å². The van der Waals surface area contributed by atoms with Gasteiger partial charge in [0.15, 0.2) is 0 Å². The summed E-state index contributed by atoms with van der Waals surface area (Å²) in [6, 6.07) is 22.7. The van der Waals surface area contributed by atoms with E-state index in [0.717, 1.165) is 16.0 Å². The van der Waals surface area contributed by atoms with Gasteiger partial charge >= 0.3 is 12.0 Å². The molecule has 2 fully saturated rings. The maximum atomic E-state index is 13.6. The molecule has 3 amide bonds. The lowest BCUT2D eigenvalue weighted by molar-refractivity contribution is -0.148. The van der Waals surface area contributed by atoms with Crippen LogP contribution >= 0.6 is 0 Å². The predicted molar refractivity (Wildman–Crippen MR) is 188 cm³/mol. The second kappa shape index (κ2) is 14.0. The summed E-state index contributed by atoms with van der Waals surface area (Å²) < 4.78 is 39.0. The molecule has 0 radical (unpaired) electrons. The molecule has 51 heavy (non-hydrogen) atoms. The number of nitrogens with one attached hydrogen (secondary N) is 1. The normalized spacial score (nSPS) is 16.1. The molecule has 0 saturated carbocycles. The number of hydrogen-bond acceptors (Lipinski definition) is 9. The molecule has 0 aliphatic carbocycles. The van der Waals surface area contributed by atoms with Crippen molar-refractivity contribution in [3.8, 4) is 28.8 Å². The van der Waals surface area contributed by atoms with Crippen LogP contribution in [-0.4, -0.2) is 66.8 Å². The van der Waals surface area contributed by atoms with Crippen LogP contribution < -0.4 is 15.0 Å². The molecule has 2 aliphatic rings. The quantitative estimate of drug-likeness (QED) is 0.139. The van der Waals surface area contributed by atoms with Crippen LogP contribution in [0.4, 0.5) is 10.5 Å². The highest BCUT2D eigenvalue weighted by Gasteiger charge is 2.40. The summed E-state index contributed by atoms with van der Waals surface area (Å²) in [5, 5.41) is 3.13. The average Bonchev–Trinajstić information content (AvgIpc) is 3.80. The summed E-state index contributed by atoms with van der Waals surface area (Å²) in [6.07, 6.45) is 4.11. The van der Waals surface area contributed by atoms with E-state index in [0.29, 0.717) is 52.0 Å². The van der Waals surface area contributed by atoms with Crippen molar-refractivity contribution in [2.75, 3.05) is 25.1 Å². The number of pyridine rings is 2. The number of imide groups is 1. The van der Waals surface area contributed by atoms with Crippen molar-refractivity contribution in [2.24, 2.45) is 0 Å². The van der Waals surface area contributed by atoms with E-state index in [1.807, 2.05) is 24.3 Å². The first-order valence-corrected chi connectivity index (χ1v) is 17.5. The van der Waals surface area contributed by atoms with Crippen molar-refractivity contribution in [3.63, 3.8) is 0 Å². The largest absolute Gasteiger partial charge is 0.497 e. The number of benzene rings is 3. The smallest absolute Gasteiger partial charge is 0.329 e. The van der Waals surface area contributed by atoms with E-state index in [-0.39, 0.29) is 30.5 Å². The number of esters is 1. The van der Waals surface area contributed by atoms with Gasteiger partial charge in [0.25, 0.3) is 5.91 Å². The van der Waals surface area contributed by atoms with E-state index in [9.17, 15) is 22.8 Å². The van der Waals surface area contributed by atoms with Crippen LogP contribution in [-0.2, 0) is 31.0 Å². The number of fused-ring (bicyclic) bond motifs is 1. The Labute approximate surface area is 294 Å². The second-order valence-electron chi connectivity index (χ2n) is 11.9. The van der Waals surface area contributed by atoms with E-state index in [1.165, 1.54) is 16.4 Å². The number of carbonyl (C=O) groups is 3. The first-order valence-electron chi connectivity index (χ1n) is 16.1. The van der Waals surface area contributed by atoms with Gasteiger partial charge in [0, 0.05) is 41.0 Å². The molecular formula is C38H31N5O7S. The topological polar surface area (TPSA) is 148 Å². The molecule has 3 aromatic carbocycles. The number of aromatic nitrogens is 2. The SMILES string of the molecule is COc1ccc(COC(=O)[C@H]2CCCN2S(=O)(=O)c2ccc(C#Cc3ccc(-c4cc(N5C(=O)CNC5=O)c5cnccc5n4)cc3)cc2)cc1. The van der Waals surface area contributed by atoms with Crippen molar-refractivity contribution in [1.29, 1.82) is 0 Å². The lowest BCUT2D eigenvalue weighted by Crippen LogP contribution is -2.41. The minimum atomic E-state index is -3.95. The average molecular weight is 702 g/mol. The number of ether oxygens (including phenoxy) is 2. The summed E-state index contributed by atoms with van der Waals surface area (Å²) >= 11 is 0. The molecule has 0 bridgehead atoms. The minimum absolute atomic E-state index is 0.0312. The molecule has 4 heterocycles. The van der Waals surface area contributed by atoms with Gasteiger partial charge in [-0.1, -0.05) is 36.1 Å². The van der Waals surface area contributed by atoms with Crippen molar-refractivity contribution in [1.82, 2.24) is 19.6 Å². The molecule has 1 N–H and O–H groups in total. The summed E-state index contributed by atoms with van der Waals surface area (Å²) in [6.45, 7) is 0.177. The van der Waals surface area contributed by atoms with E-state index in [1.54, 1.807) is 68.0 Å². The molecule has 12 nitrogen and oxygen atoms in total. The predicted octanol–water partition coefficient (Wildman–Crippen LogP) is 4.66. The number of nitrogens with zero attached hydrogens (tertiary/aromatic N) is 4. The number of urea groups is 1. The molecule has 256 valence electrons. The first kappa shape index (κ1) is 33.4. The van der Waals surface area contributed by atoms with Crippen LogP contribution in [0.3, 0.4) is 0 Å². The maximum absolute atomic E-state index is 13.6. The van der Waals surface area contributed by atoms with Gasteiger partial charge < -0.3 is 14.8 Å². The van der Waals surface area contributed by atoms with Crippen molar-refractivity contribution >= 4 is 44.5 Å². The summed E-state index contributed by atoms with van der Waals surface area (Å²) in [5.74, 6) is 5.90. The van der Waals surface area contributed by atoms with E-state index >= 15 is 0 Å². The third kappa shape index (κ3) is 6.87. The zero-order chi connectivity index (χ0) is 35.5. The lowest BCUT2D eigenvalue weighted by atomic mass is 10.1. The Balaban J connectivity index is 1.03. The molecule has 0 unspecified atom stereocenters. The number of anilines is 1. The van der Waals surface area contributed by atoms with Gasteiger partial charge in [0.1, 0.15) is 18.4 Å². The number of carbonyl (C=O) groups excluding carboxylic acids is 3. The van der Waals surface area contributed by atoms with Crippen LogP contribution in [0.15, 0.2) is 102 Å². The van der Waals surface area contributed by atoms with Gasteiger partial charge in [-0.25, -0.2) is 23.1 Å². The number of rotatable bonds is 8. The summed E-state index contributed by atoms with van der Waals surface area (Å²) in [7, 11) is -2.39. The fourth-order valence-electron chi connectivity index (χ4n) is 6.00. The van der Waals surface area contributed by atoms with Crippen LogP contribution in [0.25, 0.3) is 22.2 Å². The van der Waals surface area contributed by atoms with Crippen LogP contribution in [0.5, 0.6) is 5.75 Å². The zero-order valence-electron chi connectivity index (χ0n) is 27.4. The van der Waals surface area contributed by atoms with Crippen molar-refractivity contribution in [2.45, 2.75) is 30.4 Å². The Bertz CT molecular complexity index is 2300. The molecule has 2 saturated heterocycles. The standard InChI is InChI=1S/C38H31N5O7S/c1-49-29-14-8-27(9-15-29)24-50-37(45)34-3-2-20-42(34)51(47,48)30-16-10-26(11-17-30)5-4-25-6-12-28(13-7-25)33-21-35(43-36(44)23-40-38(43)46)31-22-39-19-18-32(31)41-33/h6-19,21-22,34H,2-3,20,23-24H2,1H3,(H,40,46)/t34-/m1/s1. The third-order valence-corrected chi connectivity index (χ3v) is 10.6. The molecule has 7 rings (SSSR count). The van der Waals surface area contributed by atoms with Crippen LogP contribution in [0.1, 0.15) is 29.5 Å². The lowest BCUT2D eigenvalue weighted by Gasteiger charge is -2.22. The molecule has 2 aromatic heterocycles. The third-order valence-electron chi connectivity index (χ3n) is 8.68. The molecule has 13 heteroatoms. The van der Waals surface area contributed by atoms with Crippen LogP contribution in [0, 0.1) is 11.8 Å². The molecular weight excluding hydrogens is 671 g/mol.